The first-order valence-corrected chi connectivity index (χ1v) is 8.15. The molecule has 1 aliphatic carbocycles. The van der Waals surface area contributed by atoms with Crippen LogP contribution in [0.15, 0.2) is 23.8 Å². The number of nitrogens with zero attached hydrogens (tertiary/aromatic N) is 2. The van der Waals surface area contributed by atoms with Crippen LogP contribution in [-0.4, -0.2) is 9.97 Å². The summed E-state index contributed by atoms with van der Waals surface area (Å²) in [5.74, 6) is 0.705. The monoisotopic (exact) mass is 272 g/mol. The fourth-order valence-electron chi connectivity index (χ4n) is 2.92. The molecule has 2 aromatic heterocycles. The fourth-order valence-corrected chi connectivity index (χ4v) is 3.87. The Balaban J connectivity index is 1.89. The van der Waals surface area contributed by atoms with Crippen molar-refractivity contribution in [2.24, 2.45) is 0 Å². The van der Waals surface area contributed by atoms with Crippen LogP contribution in [-0.2, 0) is 6.42 Å². The van der Waals surface area contributed by atoms with Gasteiger partial charge in [-0.1, -0.05) is 26.2 Å². The van der Waals surface area contributed by atoms with Crippen LogP contribution in [0.25, 0.3) is 10.6 Å². The van der Waals surface area contributed by atoms with Crippen LogP contribution in [0, 0.1) is 0 Å². The van der Waals surface area contributed by atoms with E-state index in [0.29, 0.717) is 5.92 Å². The highest BCUT2D eigenvalue weighted by molar-refractivity contribution is 7.13. The van der Waals surface area contributed by atoms with E-state index in [1.54, 1.807) is 11.3 Å². The number of aryl methyl sites for hydroxylation is 1. The van der Waals surface area contributed by atoms with Crippen molar-refractivity contribution in [3.05, 3.63) is 35.1 Å². The van der Waals surface area contributed by atoms with Crippen LogP contribution in [0.2, 0.25) is 0 Å². The molecule has 0 radical (unpaired) electrons. The Hall–Kier alpha value is -1.22. The fraction of sp³-hybridized carbons (Fsp3) is 0.500. The van der Waals surface area contributed by atoms with Gasteiger partial charge in [0.2, 0.25) is 0 Å². The quantitative estimate of drug-likeness (QED) is 0.797. The lowest BCUT2D eigenvalue weighted by atomic mass is 10.0. The molecule has 0 atom stereocenters. The molecule has 1 saturated carbocycles. The zero-order valence-corrected chi connectivity index (χ0v) is 12.2. The zero-order chi connectivity index (χ0) is 13.1. The van der Waals surface area contributed by atoms with Crippen LogP contribution in [0.4, 0.5) is 0 Å². The standard InChI is InChI=1S/C16H20N2S/c1-2-5-12-8-9-17-10-14(12)16-18-15(11-19-16)13-6-3-4-7-13/h8-11,13H,2-7H2,1H3. The van der Waals surface area contributed by atoms with Crippen LogP contribution in [0.3, 0.4) is 0 Å². The molecule has 0 unspecified atom stereocenters. The molecular weight excluding hydrogens is 252 g/mol. The van der Waals surface area contributed by atoms with Crippen molar-refractivity contribution >= 4 is 11.3 Å². The summed E-state index contributed by atoms with van der Waals surface area (Å²) in [6.07, 6.45) is 11.5. The largest absolute Gasteiger partial charge is 0.264 e. The van der Waals surface area contributed by atoms with Crippen molar-refractivity contribution in [2.75, 3.05) is 0 Å². The van der Waals surface area contributed by atoms with Crippen molar-refractivity contribution in [3.63, 3.8) is 0 Å². The summed E-state index contributed by atoms with van der Waals surface area (Å²) in [4.78, 5) is 9.16. The van der Waals surface area contributed by atoms with Gasteiger partial charge in [0.05, 0.1) is 5.69 Å². The molecule has 0 spiro atoms. The molecule has 0 saturated heterocycles. The maximum atomic E-state index is 4.88. The van der Waals surface area contributed by atoms with Crippen molar-refractivity contribution in [1.29, 1.82) is 0 Å². The second kappa shape index (κ2) is 5.83. The molecule has 0 N–H and O–H groups in total. The molecule has 2 heterocycles. The third-order valence-corrected chi connectivity index (χ3v) is 4.85. The Morgan fingerprint density at radius 2 is 2.16 bits per heavy atom. The predicted octanol–water partition coefficient (Wildman–Crippen LogP) is 4.82. The minimum Gasteiger partial charge on any atom is -0.264 e. The maximum absolute atomic E-state index is 4.88. The summed E-state index contributed by atoms with van der Waals surface area (Å²) in [7, 11) is 0. The lowest BCUT2D eigenvalue weighted by Crippen LogP contribution is -1.94. The highest BCUT2D eigenvalue weighted by Crippen LogP contribution is 2.36. The minimum absolute atomic E-state index is 0.705. The Bertz CT molecular complexity index is 541. The van der Waals surface area contributed by atoms with Gasteiger partial charge in [-0.2, -0.15) is 0 Å². The van der Waals surface area contributed by atoms with E-state index < -0.39 is 0 Å². The van der Waals surface area contributed by atoms with Gasteiger partial charge in [0.1, 0.15) is 5.01 Å². The molecule has 100 valence electrons. The highest BCUT2D eigenvalue weighted by Gasteiger charge is 2.20. The molecule has 0 bridgehead atoms. The van der Waals surface area contributed by atoms with E-state index in [-0.39, 0.29) is 0 Å². The minimum atomic E-state index is 0.705. The number of hydrogen-bond donors (Lipinski definition) is 0. The Labute approximate surface area is 118 Å². The molecule has 2 aromatic rings. The van der Waals surface area contributed by atoms with E-state index in [0.717, 1.165) is 17.8 Å². The van der Waals surface area contributed by atoms with Gasteiger partial charge in [-0.15, -0.1) is 11.3 Å². The number of hydrogen-bond acceptors (Lipinski definition) is 3. The van der Waals surface area contributed by atoms with Crippen LogP contribution in [0.1, 0.15) is 56.2 Å². The van der Waals surface area contributed by atoms with Crippen molar-refractivity contribution < 1.29 is 0 Å². The summed E-state index contributed by atoms with van der Waals surface area (Å²) < 4.78 is 0. The van der Waals surface area contributed by atoms with Gasteiger partial charge >= 0.3 is 0 Å². The molecular formula is C16H20N2S. The molecule has 19 heavy (non-hydrogen) atoms. The molecule has 1 fully saturated rings. The highest BCUT2D eigenvalue weighted by atomic mass is 32.1. The van der Waals surface area contributed by atoms with Gasteiger partial charge < -0.3 is 0 Å². The van der Waals surface area contributed by atoms with E-state index in [4.69, 9.17) is 4.98 Å². The average Bonchev–Trinajstić information content (AvgIpc) is 3.11. The van der Waals surface area contributed by atoms with E-state index in [2.05, 4.69) is 23.4 Å². The predicted molar refractivity (Wildman–Crippen MR) is 80.5 cm³/mol. The van der Waals surface area contributed by atoms with Gasteiger partial charge in [-0.25, -0.2) is 4.98 Å². The van der Waals surface area contributed by atoms with Crippen molar-refractivity contribution in [3.8, 4) is 10.6 Å². The second-order valence-electron chi connectivity index (χ2n) is 5.34. The number of aromatic nitrogens is 2. The Morgan fingerprint density at radius 3 is 2.95 bits per heavy atom. The number of thiazole rings is 1. The third-order valence-electron chi connectivity index (χ3n) is 3.96. The normalized spacial score (nSPS) is 16.1. The SMILES string of the molecule is CCCc1ccncc1-c1nc(C2CCCC2)cs1. The molecule has 0 aliphatic heterocycles. The average molecular weight is 272 g/mol. The van der Waals surface area contributed by atoms with Crippen LogP contribution < -0.4 is 0 Å². The molecule has 3 rings (SSSR count). The van der Waals surface area contributed by atoms with Gasteiger partial charge in [0, 0.05) is 29.3 Å². The molecule has 1 aliphatic rings. The van der Waals surface area contributed by atoms with Crippen LogP contribution >= 0.6 is 11.3 Å². The van der Waals surface area contributed by atoms with E-state index in [1.807, 2.05) is 12.4 Å². The van der Waals surface area contributed by atoms with E-state index in [9.17, 15) is 0 Å². The summed E-state index contributed by atoms with van der Waals surface area (Å²) in [5, 5.41) is 3.41. The Morgan fingerprint density at radius 1 is 1.32 bits per heavy atom. The van der Waals surface area contributed by atoms with Crippen molar-refractivity contribution in [1.82, 2.24) is 9.97 Å². The van der Waals surface area contributed by atoms with Gasteiger partial charge in [-0.3, -0.25) is 4.98 Å². The van der Waals surface area contributed by atoms with Crippen molar-refractivity contribution in [2.45, 2.75) is 51.4 Å². The number of pyridine rings is 1. The maximum Gasteiger partial charge on any atom is 0.125 e. The van der Waals surface area contributed by atoms with Gasteiger partial charge in [-0.05, 0) is 30.9 Å². The first kappa shape index (κ1) is 12.8. The third kappa shape index (κ3) is 2.71. The molecule has 2 nitrogen and oxygen atoms in total. The van der Waals surface area contributed by atoms with E-state index >= 15 is 0 Å². The van der Waals surface area contributed by atoms with Gasteiger partial charge in [0.15, 0.2) is 0 Å². The number of rotatable bonds is 4. The molecule has 3 heteroatoms. The molecule has 0 aromatic carbocycles. The van der Waals surface area contributed by atoms with Crippen LogP contribution in [0.5, 0.6) is 0 Å². The summed E-state index contributed by atoms with van der Waals surface area (Å²) >= 11 is 1.78. The van der Waals surface area contributed by atoms with E-state index in [1.165, 1.54) is 42.5 Å². The first-order valence-electron chi connectivity index (χ1n) is 7.27. The lowest BCUT2D eigenvalue weighted by Gasteiger charge is -2.06. The summed E-state index contributed by atoms with van der Waals surface area (Å²) in [6, 6.07) is 2.13. The summed E-state index contributed by atoms with van der Waals surface area (Å²) in [6.45, 7) is 2.22. The summed E-state index contributed by atoms with van der Waals surface area (Å²) in [5.41, 5.74) is 3.92. The topological polar surface area (TPSA) is 25.8 Å². The lowest BCUT2D eigenvalue weighted by molar-refractivity contribution is 0.703. The molecule has 0 amide bonds. The first-order chi connectivity index (χ1) is 9.38. The smallest absolute Gasteiger partial charge is 0.125 e. The van der Waals surface area contributed by atoms with Gasteiger partial charge in [0.25, 0.3) is 0 Å². The Kier molecular flexibility index (Phi) is 3.92. The zero-order valence-electron chi connectivity index (χ0n) is 11.4. The second-order valence-corrected chi connectivity index (χ2v) is 6.20.